The highest BCUT2D eigenvalue weighted by atomic mass is 16.4. The lowest BCUT2D eigenvalue weighted by molar-refractivity contribution is -0.117. The summed E-state index contributed by atoms with van der Waals surface area (Å²) in [5.41, 5.74) is 0.253. The molecule has 1 saturated carbocycles. The number of hydrogen-bond acceptors (Lipinski definition) is 3. The number of amides is 1. The molecule has 1 fully saturated rings. The third-order valence-electron chi connectivity index (χ3n) is 3.89. The first-order chi connectivity index (χ1) is 9.32. The lowest BCUT2D eigenvalue weighted by Gasteiger charge is -2.29. The first-order valence-electron chi connectivity index (χ1n) is 6.80. The molecule has 0 aliphatic heterocycles. The molecule has 1 aromatic heterocycles. The van der Waals surface area contributed by atoms with Crippen LogP contribution in [0.5, 0.6) is 0 Å². The molecule has 1 unspecified atom stereocenters. The molecule has 20 heavy (non-hydrogen) atoms. The standard InChI is InChI=1S/C15H20N2O3/c1-10(18)17(11-6-7-15(2,3)9-11)13-12(14(19)20)5-4-8-16-13/h4-5,8,11H,6-7,9H2,1-3H3,(H,19,20). The average molecular weight is 276 g/mol. The molecule has 0 aromatic carbocycles. The van der Waals surface area contributed by atoms with Crippen molar-refractivity contribution in [2.24, 2.45) is 5.41 Å². The zero-order chi connectivity index (χ0) is 14.9. The minimum atomic E-state index is -1.06. The molecule has 0 spiro atoms. The van der Waals surface area contributed by atoms with Crippen molar-refractivity contribution >= 4 is 17.7 Å². The highest BCUT2D eigenvalue weighted by Crippen LogP contribution is 2.40. The zero-order valence-corrected chi connectivity index (χ0v) is 12.1. The summed E-state index contributed by atoms with van der Waals surface area (Å²) in [6.45, 7) is 5.80. The van der Waals surface area contributed by atoms with Gasteiger partial charge in [0.05, 0.1) is 0 Å². The fraction of sp³-hybridized carbons (Fsp3) is 0.533. The van der Waals surface area contributed by atoms with Gasteiger partial charge < -0.3 is 5.11 Å². The molecule has 108 valence electrons. The third-order valence-corrected chi connectivity index (χ3v) is 3.89. The van der Waals surface area contributed by atoms with Gasteiger partial charge in [-0.1, -0.05) is 13.8 Å². The number of carbonyl (C=O) groups excluding carboxylic acids is 1. The van der Waals surface area contributed by atoms with Crippen molar-refractivity contribution in [2.45, 2.75) is 46.1 Å². The lowest BCUT2D eigenvalue weighted by Crippen LogP contribution is -2.39. The molecule has 1 heterocycles. The number of hydrogen-bond donors (Lipinski definition) is 1. The number of carboxylic acid groups (broad SMARTS) is 1. The quantitative estimate of drug-likeness (QED) is 0.921. The van der Waals surface area contributed by atoms with Crippen LogP contribution >= 0.6 is 0 Å². The van der Waals surface area contributed by atoms with Gasteiger partial charge in [0.25, 0.3) is 0 Å². The first kappa shape index (κ1) is 14.5. The second-order valence-electron chi connectivity index (χ2n) is 6.13. The van der Waals surface area contributed by atoms with Gasteiger partial charge in [-0.2, -0.15) is 0 Å². The predicted molar refractivity (Wildman–Crippen MR) is 75.8 cm³/mol. The normalized spacial score (nSPS) is 20.6. The van der Waals surface area contributed by atoms with Crippen LogP contribution in [-0.4, -0.2) is 28.0 Å². The van der Waals surface area contributed by atoms with Crippen molar-refractivity contribution in [2.75, 3.05) is 4.90 Å². The number of aromatic carboxylic acids is 1. The molecule has 0 bridgehead atoms. The molecule has 1 aliphatic rings. The number of pyridine rings is 1. The van der Waals surface area contributed by atoms with Crippen LogP contribution in [0.15, 0.2) is 18.3 Å². The van der Waals surface area contributed by atoms with Gasteiger partial charge in [0.2, 0.25) is 5.91 Å². The summed E-state index contributed by atoms with van der Waals surface area (Å²) in [6.07, 6.45) is 4.29. The van der Waals surface area contributed by atoms with Gasteiger partial charge in [0.1, 0.15) is 11.4 Å². The maximum absolute atomic E-state index is 12.0. The predicted octanol–water partition coefficient (Wildman–Crippen LogP) is 2.71. The first-order valence-corrected chi connectivity index (χ1v) is 6.80. The molecule has 1 amide bonds. The largest absolute Gasteiger partial charge is 0.478 e. The summed E-state index contributed by atoms with van der Waals surface area (Å²) in [5.74, 6) is -0.958. The van der Waals surface area contributed by atoms with E-state index in [4.69, 9.17) is 0 Å². The van der Waals surface area contributed by atoms with Gasteiger partial charge in [-0.25, -0.2) is 9.78 Å². The Morgan fingerprint density at radius 1 is 1.45 bits per heavy atom. The lowest BCUT2D eigenvalue weighted by atomic mass is 9.91. The molecule has 5 heteroatoms. The van der Waals surface area contributed by atoms with Crippen molar-refractivity contribution in [3.8, 4) is 0 Å². The fourth-order valence-corrected chi connectivity index (χ4v) is 2.95. The topological polar surface area (TPSA) is 70.5 Å². The summed E-state index contributed by atoms with van der Waals surface area (Å²) >= 11 is 0. The number of rotatable bonds is 3. The third kappa shape index (κ3) is 2.81. The van der Waals surface area contributed by atoms with E-state index in [2.05, 4.69) is 18.8 Å². The van der Waals surface area contributed by atoms with E-state index in [1.807, 2.05) is 0 Å². The maximum atomic E-state index is 12.0. The summed E-state index contributed by atoms with van der Waals surface area (Å²) in [4.78, 5) is 29.0. The zero-order valence-electron chi connectivity index (χ0n) is 12.1. The van der Waals surface area contributed by atoms with Gasteiger partial charge in [-0.05, 0) is 36.8 Å². The second kappa shape index (κ2) is 5.23. The minimum absolute atomic E-state index is 0.0236. The van der Waals surface area contributed by atoms with Gasteiger partial charge >= 0.3 is 5.97 Å². The maximum Gasteiger partial charge on any atom is 0.339 e. The molecular weight excluding hydrogens is 256 g/mol. The molecule has 1 aromatic rings. The van der Waals surface area contributed by atoms with Crippen LogP contribution in [0.1, 0.15) is 50.4 Å². The Morgan fingerprint density at radius 3 is 2.65 bits per heavy atom. The minimum Gasteiger partial charge on any atom is -0.478 e. The van der Waals surface area contributed by atoms with Crippen LogP contribution in [0.2, 0.25) is 0 Å². The smallest absolute Gasteiger partial charge is 0.339 e. The Kier molecular flexibility index (Phi) is 3.79. The summed E-state index contributed by atoms with van der Waals surface area (Å²) in [5, 5.41) is 9.26. The highest BCUT2D eigenvalue weighted by molar-refractivity contribution is 6.00. The van der Waals surface area contributed by atoms with E-state index in [-0.39, 0.29) is 28.7 Å². The van der Waals surface area contributed by atoms with Crippen LogP contribution in [0.3, 0.4) is 0 Å². The monoisotopic (exact) mass is 276 g/mol. The molecular formula is C15H20N2O3. The number of carboxylic acids is 1. The van der Waals surface area contributed by atoms with Gasteiger partial charge in [0.15, 0.2) is 0 Å². The van der Waals surface area contributed by atoms with Crippen molar-refractivity contribution in [3.05, 3.63) is 23.9 Å². The van der Waals surface area contributed by atoms with E-state index >= 15 is 0 Å². The molecule has 0 saturated heterocycles. The van der Waals surface area contributed by atoms with Crippen LogP contribution < -0.4 is 4.90 Å². The number of carbonyl (C=O) groups is 2. The van der Waals surface area contributed by atoms with Crippen LogP contribution in [0.25, 0.3) is 0 Å². The van der Waals surface area contributed by atoms with Crippen molar-refractivity contribution < 1.29 is 14.7 Å². The SMILES string of the molecule is CC(=O)N(c1ncccc1C(=O)O)C1CCC(C)(C)C1. The molecule has 1 N–H and O–H groups in total. The van der Waals surface area contributed by atoms with Crippen molar-refractivity contribution in [1.29, 1.82) is 0 Å². The molecule has 0 radical (unpaired) electrons. The van der Waals surface area contributed by atoms with Gasteiger partial charge in [-0.3, -0.25) is 9.69 Å². The second-order valence-corrected chi connectivity index (χ2v) is 6.13. The molecule has 5 nitrogen and oxygen atoms in total. The Bertz CT molecular complexity index is 540. The van der Waals surface area contributed by atoms with Crippen LogP contribution in [0.4, 0.5) is 5.82 Å². The van der Waals surface area contributed by atoms with Crippen molar-refractivity contribution in [1.82, 2.24) is 4.98 Å². The van der Waals surface area contributed by atoms with E-state index in [1.54, 1.807) is 11.0 Å². The summed E-state index contributed by atoms with van der Waals surface area (Å²) in [6, 6.07) is 3.08. The molecule has 1 atom stereocenters. The fourth-order valence-electron chi connectivity index (χ4n) is 2.95. The van der Waals surface area contributed by atoms with E-state index < -0.39 is 5.97 Å². The Hall–Kier alpha value is -1.91. The number of aromatic nitrogens is 1. The van der Waals surface area contributed by atoms with Crippen LogP contribution in [-0.2, 0) is 4.79 Å². The van der Waals surface area contributed by atoms with E-state index in [0.717, 1.165) is 19.3 Å². The van der Waals surface area contributed by atoms with E-state index in [9.17, 15) is 14.7 Å². The Labute approximate surface area is 118 Å². The average Bonchev–Trinajstić information content (AvgIpc) is 2.69. The van der Waals surface area contributed by atoms with Gasteiger partial charge in [-0.15, -0.1) is 0 Å². The van der Waals surface area contributed by atoms with Gasteiger partial charge in [0, 0.05) is 19.2 Å². The molecule has 1 aliphatic carbocycles. The van der Waals surface area contributed by atoms with E-state index in [1.165, 1.54) is 19.2 Å². The number of nitrogens with zero attached hydrogens (tertiary/aromatic N) is 2. The molecule has 2 rings (SSSR count). The Balaban J connectivity index is 2.40. The summed E-state index contributed by atoms with van der Waals surface area (Å²) < 4.78 is 0. The van der Waals surface area contributed by atoms with E-state index in [0.29, 0.717) is 0 Å². The van der Waals surface area contributed by atoms with Crippen molar-refractivity contribution in [3.63, 3.8) is 0 Å². The summed E-state index contributed by atoms with van der Waals surface area (Å²) in [7, 11) is 0. The highest BCUT2D eigenvalue weighted by Gasteiger charge is 2.37. The number of anilines is 1. The van der Waals surface area contributed by atoms with Crippen LogP contribution in [0, 0.1) is 5.41 Å². The Morgan fingerprint density at radius 2 is 2.15 bits per heavy atom.